The SMILES string of the molecule is Cc1ccc(C)c(C2(Br)C(c3ccccc3)=C(c3ccccc3)C(c3ccccc3)=C2c2ccccc2)c1. The quantitative estimate of drug-likeness (QED) is 0.190. The molecule has 1 aliphatic rings. The van der Waals surface area contributed by atoms with Crippen molar-refractivity contribution in [2.45, 2.75) is 18.2 Å². The van der Waals surface area contributed by atoms with Gasteiger partial charge in [0.15, 0.2) is 0 Å². The number of hydrogen-bond donors (Lipinski definition) is 0. The number of hydrogen-bond acceptors (Lipinski definition) is 0. The highest BCUT2D eigenvalue weighted by molar-refractivity contribution is 9.10. The van der Waals surface area contributed by atoms with Gasteiger partial charge in [0.1, 0.15) is 4.32 Å². The van der Waals surface area contributed by atoms with Crippen molar-refractivity contribution in [2.75, 3.05) is 0 Å². The maximum absolute atomic E-state index is 4.51. The van der Waals surface area contributed by atoms with Gasteiger partial charge >= 0.3 is 0 Å². The monoisotopic (exact) mass is 552 g/mol. The van der Waals surface area contributed by atoms with E-state index in [1.165, 1.54) is 61.2 Å². The maximum Gasteiger partial charge on any atom is 0.103 e. The second-order valence-corrected chi connectivity index (χ2v) is 11.1. The zero-order valence-electron chi connectivity index (χ0n) is 21.7. The van der Waals surface area contributed by atoms with Crippen LogP contribution in [0, 0.1) is 13.8 Å². The zero-order chi connectivity index (χ0) is 26.1. The number of benzene rings is 5. The molecule has 0 N–H and O–H groups in total. The lowest BCUT2D eigenvalue weighted by atomic mass is 9.78. The summed E-state index contributed by atoms with van der Waals surface area (Å²) in [5, 5.41) is 0. The van der Waals surface area contributed by atoms with Crippen LogP contribution >= 0.6 is 15.9 Å². The zero-order valence-corrected chi connectivity index (χ0v) is 23.2. The van der Waals surface area contributed by atoms with Gasteiger partial charge in [-0.3, -0.25) is 0 Å². The summed E-state index contributed by atoms with van der Waals surface area (Å²) in [5.74, 6) is 0. The van der Waals surface area contributed by atoms with Crippen LogP contribution < -0.4 is 0 Å². The molecule has 38 heavy (non-hydrogen) atoms. The van der Waals surface area contributed by atoms with Crippen LogP contribution in [0.25, 0.3) is 22.3 Å². The van der Waals surface area contributed by atoms with E-state index in [4.69, 9.17) is 0 Å². The first kappa shape index (κ1) is 24.4. The molecule has 1 aliphatic carbocycles. The van der Waals surface area contributed by atoms with Gasteiger partial charge in [-0.1, -0.05) is 161 Å². The summed E-state index contributed by atoms with van der Waals surface area (Å²) in [4.78, 5) is 0. The Bertz CT molecular complexity index is 1550. The fourth-order valence-electron chi connectivity index (χ4n) is 5.78. The standard InChI is InChI=1S/C37H29Br/c1-26-23-24-27(2)32(25-26)37(38)35(30-19-11-5-12-20-30)33(28-15-7-3-8-16-28)34(29-17-9-4-10-18-29)36(37)31-21-13-6-14-22-31/h3-25H,1-2H3. The van der Waals surface area contributed by atoms with Gasteiger partial charge in [0.25, 0.3) is 0 Å². The summed E-state index contributed by atoms with van der Waals surface area (Å²) in [5.41, 5.74) is 13.7. The Morgan fingerprint density at radius 3 is 1.21 bits per heavy atom. The average Bonchev–Trinajstić information content (AvgIpc) is 3.26. The molecule has 0 aliphatic heterocycles. The van der Waals surface area contributed by atoms with E-state index in [-0.39, 0.29) is 0 Å². The van der Waals surface area contributed by atoms with Gasteiger partial charge in [0.05, 0.1) is 0 Å². The second-order valence-electron chi connectivity index (χ2n) is 9.94. The Morgan fingerprint density at radius 2 is 0.816 bits per heavy atom. The van der Waals surface area contributed by atoms with Crippen molar-refractivity contribution in [3.05, 3.63) is 178 Å². The van der Waals surface area contributed by atoms with Crippen molar-refractivity contribution in [3.8, 4) is 0 Å². The molecule has 0 saturated carbocycles. The molecule has 0 amide bonds. The minimum absolute atomic E-state index is 0.567. The van der Waals surface area contributed by atoms with E-state index in [9.17, 15) is 0 Å². The Kier molecular flexibility index (Phi) is 6.47. The van der Waals surface area contributed by atoms with Crippen LogP contribution in [0.2, 0.25) is 0 Å². The summed E-state index contributed by atoms with van der Waals surface area (Å²) >= 11 is 4.51. The topological polar surface area (TPSA) is 0 Å². The number of allylic oxidation sites excluding steroid dienone is 4. The molecular weight excluding hydrogens is 524 g/mol. The van der Waals surface area contributed by atoms with E-state index in [0.717, 1.165) is 0 Å². The van der Waals surface area contributed by atoms with Gasteiger partial charge in [-0.15, -0.1) is 0 Å². The first-order valence-corrected chi connectivity index (χ1v) is 13.9. The van der Waals surface area contributed by atoms with Gasteiger partial charge in [-0.05, 0) is 69.5 Å². The molecule has 184 valence electrons. The highest BCUT2D eigenvalue weighted by Gasteiger charge is 2.48. The van der Waals surface area contributed by atoms with Crippen molar-refractivity contribution in [1.29, 1.82) is 0 Å². The molecule has 1 heteroatoms. The molecule has 0 heterocycles. The maximum atomic E-state index is 4.51. The Balaban J connectivity index is 1.85. The van der Waals surface area contributed by atoms with E-state index in [1.54, 1.807) is 0 Å². The molecule has 0 radical (unpaired) electrons. The summed E-state index contributed by atoms with van der Waals surface area (Å²) < 4.78 is -0.567. The average molecular weight is 554 g/mol. The van der Waals surface area contributed by atoms with Crippen LogP contribution in [0.3, 0.4) is 0 Å². The predicted octanol–water partition coefficient (Wildman–Crippen LogP) is 10.1. The smallest absolute Gasteiger partial charge is 0.0695 e. The van der Waals surface area contributed by atoms with Gasteiger partial charge in [0, 0.05) is 0 Å². The fourth-order valence-corrected chi connectivity index (χ4v) is 7.06. The molecular formula is C37H29Br. The van der Waals surface area contributed by atoms with Crippen LogP contribution in [-0.4, -0.2) is 0 Å². The molecule has 0 unspecified atom stereocenters. The van der Waals surface area contributed by atoms with E-state index in [0.29, 0.717) is 0 Å². The number of alkyl halides is 1. The molecule has 0 spiro atoms. The third kappa shape index (κ3) is 4.08. The lowest BCUT2D eigenvalue weighted by Crippen LogP contribution is -2.22. The van der Waals surface area contributed by atoms with Crippen molar-refractivity contribution in [3.63, 3.8) is 0 Å². The first-order valence-electron chi connectivity index (χ1n) is 13.1. The van der Waals surface area contributed by atoms with Gasteiger partial charge in [-0.25, -0.2) is 0 Å². The molecule has 0 saturated heterocycles. The molecule has 0 nitrogen and oxygen atoms in total. The molecule has 0 aromatic heterocycles. The van der Waals surface area contributed by atoms with Crippen LogP contribution in [0.5, 0.6) is 0 Å². The lowest BCUT2D eigenvalue weighted by molar-refractivity contribution is 1.04. The lowest BCUT2D eigenvalue weighted by Gasteiger charge is -2.33. The number of rotatable bonds is 5. The van der Waals surface area contributed by atoms with E-state index >= 15 is 0 Å². The number of aryl methyl sites for hydroxylation is 2. The van der Waals surface area contributed by atoms with Crippen LogP contribution in [-0.2, 0) is 4.32 Å². The van der Waals surface area contributed by atoms with Crippen molar-refractivity contribution >= 4 is 38.2 Å². The van der Waals surface area contributed by atoms with Crippen molar-refractivity contribution < 1.29 is 0 Å². The second kappa shape index (κ2) is 10.1. The summed E-state index contributed by atoms with van der Waals surface area (Å²) in [7, 11) is 0. The molecule has 5 aromatic carbocycles. The van der Waals surface area contributed by atoms with Gasteiger partial charge in [-0.2, -0.15) is 0 Å². The first-order chi connectivity index (χ1) is 18.6. The Labute approximate surface area is 234 Å². The molecule has 0 atom stereocenters. The van der Waals surface area contributed by atoms with Crippen molar-refractivity contribution in [1.82, 2.24) is 0 Å². The van der Waals surface area contributed by atoms with E-state index < -0.39 is 4.32 Å². The molecule has 5 aromatic rings. The Morgan fingerprint density at radius 1 is 0.447 bits per heavy atom. The van der Waals surface area contributed by atoms with Crippen LogP contribution in [0.15, 0.2) is 140 Å². The fraction of sp³-hybridized carbons (Fsp3) is 0.0811. The summed E-state index contributed by atoms with van der Waals surface area (Å²) in [6.45, 7) is 4.41. The summed E-state index contributed by atoms with van der Waals surface area (Å²) in [6.07, 6.45) is 0. The highest BCUT2D eigenvalue weighted by Crippen LogP contribution is 2.65. The largest absolute Gasteiger partial charge is 0.103 e. The molecule has 0 bridgehead atoms. The minimum atomic E-state index is -0.567. The van der Waals surface area contributed by atoms with E-state index in [2.05, 4.69) is 169 Å². The Hall–Kier alpha value is -3.94. The van der Waals surface area contributed by atoms with Gasteiger partial charge < -0.3 is 0 Å². The third-order valence-corrected chi connectivity index (χ3v) is 8.67. The highest BCUT2D eigenvalue weighted by atomic mass is 79.9. The molecule has 0 fully saturated rings. The third-order valence-electron chi connectivity index (χ3n) is 7.45. The number of halogens is 1. The van der Waals surface area contributed by atoms with Crippen LogP contribution in [0.4, 0.5) is 0 Å². The van der Waals surface area contributed by atoms with E-state index in [1.807, 2.05) is 0 Å². The minimum Gasteiger partial charge on any atom is -0.0695 e. The van der Waals surface area contributed by atoms with Crippen LogP contribution in [0.1, 0.15) is 38.9 Å². The van der Waals surface area contributed by atoms with Crippen molar-refractivity contribution in [2.24, 2.45) is 0 Å². The molecule has 6 rings (SSSR count). The normalized spacial score (nSPS) is 14.7. The van der Waals surface area contributed by atoms with Gasteiger partial charge in [0.2, 0.25) is 0 Å². The predicted molar refractivity (Wildman–Crippen MR) is 166 cm³/mol. The summed E-state index contributed by atoms with van der Waals surface area (Å²) in [6, 6.07) is 50.3.